The zero-order valence-electron chi connectivity index (χ0n) is 16.4. The van der Waals surface area contributed by atoms with Crippen molar-refractivity contribution in [3.63, 3.8) is 0 Å². The summed E-state index contributed by atoms with van der Waals surface area (Å²) in [6.07, 6.45) is 12.3. The van der Waals surface area contributed by atoms with Crippen LogP contribution < -0.4 is 10.1 Å². The lowest BCUT2D eigenvalue weighted by atomic mass is 9.85. The van der Waals surface area contributed by atoms with Gasteiger partial charge in [-0.3, -0.25) is 0 Å². The third kappa shape index (κ3) is 2.89. The maximum absolute atomic E-state index is 6.47. The van der Waals surface area contributed by atoms with Crippen molar-refractivity contribution in [2.75, 3.05) is 5.32 Å². The number of hydrogen-bond acceptors (Lipinski definition) is 2. The third-order valence-corrected chi connectivity index (χ3v) is 5.56. The van der Waals surface area contributed by atoms with E-state index in [0.29, 0.717) is 0 Å². The molecule has 0 radical (unpaired) electrons. The number of hydrogen-bond donors (Lipinski definition) is 1. The quantitative estimate of drug-likeness (QED) is 0.636. The summed E-state index contributed by atoms with van der Waals surface area (Å²) >= 11 is 0. The number of benzene rings is 2. The maximum atomic E-state index is 6.47. The average molecular weight is 335 g/mol. The van der Waals surface area contributed by atoms with Gasteiger partial charge in [0, 0.05) is 10.9 Å². The van der Waals surface area contributed by atoms with Crippen LogP contribution in [0, 0.1) is 26.7 Å². The molecule has 0 amide bonds. The molecule has 132 valence electrons. The van der Waals surface area contributed by atoms with Crippen molar-refractivity contribution in [1.82, 2.24) is 0 Å². The Kier molecular flexibility index (Phi) is 4.91. The molecule has 0 aromatic heterocycles. The topological polar surface area (TPSA) is 21.3 Å². The highest BCUT2D eigenvalue weighted by Crippen LogP contribution is 2.46. The number of aryl methyl sites for hydroxylation is 1. The predicted molar refractivity (Wildman–Crippen MR) is 110 cm³/mol. The van der Waals surface area contributed by atoms with Crippen LogP contribution >= 0.6 is 0 Å². The Morgan fingerprint density at radius 2 is 1.68 bits per heavy atom. The Morgan fingerprint density at radius 1 is 1.04 bits per heavy atom. The van der Waals surface area contributed by atoms with Crippen molar-refractivity contribution in [2.45, 2.75) is 59.6 Å². The number of ether oxygens (including phenoxy) is 1. The fraction of sp³-hybridized carbons (Fsp3) is 0.391. The molecule has 0 atom stereocenters. The Hall–Kier alpha value is -2.40. The zero-order valence-corrected chi connectivity index (χ0v) is 16.4. The summed E-state index contributed by atoms with van der Waals surface area (Å²) in [6, 6.07) is 6.38. The lowest BCUT2D eigenvalue weighted by Gasteiger charge is -2.41. The number of terminal acetylenes is 1. The van der Waals surface area contributed by atoms with Crippen molar-refractivity contribution in [3.05, 3.63) is 41.0 Å². The van der Waals surface area contributed by atoms with Crippen LogP contribution in [0.2, 0.25) is 0 Å². The molecule has 0 fully saturated rings. The van der Waals surface area contributed by atoms with Crippen molar-refractivity contribution in [3.8, 4) is 18.6 Å². The molecule has 2 aromatic carbocycles. The van der Waals surface area contributed by atoms with Crippen molar-refractivity contribution in [1.29, 1.82) is 0 Å². The van der Waals surface area contributed by atoms with Gasteiger partial charge in [0.1, 0.15) is 11.4 Å². The van der Waals surface area contributed by atoms with Gasteiger partial charge in [0.2, 0.25) is 0 Å². The highest BCUT2D eigenvalue weighted by Gasteiger charge is 2.42. The van der Waals surface area contributed by atoms with Gasteiger partial charge in [-0.1, -0.05) is 24.3 Å². The molecular formula is C23H29NO. The number of allylic oxidation sites excluding steroid dienone is 1. The first-order valence-electron chi connectivity index (χ1n) is 8.68. The molecule has 25 heavy (non-hydrogen) atoms. The van der Waals surface area contributed by atoms with Gasteiger partial charge in [-0.15, -0.1) is 12.8 Å². The first-order chi connectivity index (χ1) is 11.7. The van der Waals surface area contributed by atoms with Crippen molar-refractivity contribution >= 4 is 22.5 Å². The van der Waals surface area contributed by atoms with Gasteiger partial charge in [-0.05, 0) is 71.0 Å². The Labute approximate surface area is 152 Å². The van der Waals surface area contributed by atoms with Crippen LogP contribution in [0.4, 0.5) is 5.69 Å². The summed E-state index contributed by atoms with van der Waals surface area (Å²) in [7, 11) is 0. The van der Waals surface area contributed by atoms with E-state index in [0.717, 1.165) is 5.75 Å². The molecule has 0 saturated heterocycles. The van der Waals surface area contributed by atoms with Crippen molar-refractivity contribution in [2.24, 2.45) is 0 Å². The van der Waals surface area contributed by atoms with Gasteiger partial charge in [0.25, 0.3) is 0 Å². The number of anilines is 1. The second-order valence-corrected chi connectivity index (χ2v) is 7.58. The van der Waals surface area contributed by atoms with Crippen LogP contribution in [0.5, 0.6) is 5.75 Å². The van der Waals surface area contributed by atoms with Crippen LogP contribution in [0.3, 0.4) is 0 Å². The normalized spacial score (nSPS) is 17.2. The molecule has 2 nitrogen and oxygen atoms in total. The van der Waals surface area contributed by atoms with E-state index >= 15 is 0 Å². The van der Waals surface area contributed by atoms with Gasteiger partial charge in [0.15, 0.2) is 0 Å². The summed E-state index contributed by atoms with van der Waals surface area (Å²) in [5.41, 5.74) is 4.57. The molecule has 0 unspecified atom stereocenters. The van der Waals surface area contributed by atoms with E-state index in [1.54, 1.807) is 0 Å². The van der Waals surface area contributed by atoms with E-state index in [1.807, 2.05) is 0 Å². The minimum Gasteiger partial charge on any atom is -0.485 e. The monoisotopic (exact) mass is 335 g/mol. The second kappa shape index (κ2) is 6.48. The van der Waals surface area contributed by atoms with E-state index in [1.165, 1.54) is 33.2 Å². The average Bonchev–Trinajstić information content (AvgIpc) is 2.64. The van der Waals surface area contributed by atoms with Crippen LogP contribution in [0.15, 0.2) is 24.3 Å². The van der Waals surface area contributed by atoms with Gasteiger partial charge < -0.3 is 10.1 Å². The van der Waals surface area contributed by atoms with Gasteiger partial charge >= 0.3 is 0 Å². The standard InChI is InChI=1S/C21H27NO.C2H2/c1-8-10-16-14(3)13(2)15-11-9-12-17-18(15)19(16)22-20(4,5)21(6,7)23-17;1-2/h8-12,22H,1-7H3;1-2H/b10-8-;. The lowest BCUT2D eigenvalue weighted by molar-refractivity contribution is 0.0545. The van der Waals surface area contributed by atoms with Crippen LogP contribution in [0.1, 0.15) is 51.3 Å². The minimum absolute atomic E-state index is 0.197. The largest absolute Gasteiger partial charge is 0.485 e. The van der Waals surface area contributed by atoms with Gasteiger partial charge in [-0.25, -0.2) is 0 Å². The van der Waals surface area contributed by atoms with E-state index in [2.05, 4.69) is 97.0 Å². The molecular weight excluding hydrogens is 306 g/mol. The molecule has 0 aliphatic carbocycles. The van der Waals surface area contributed by atoms with E-state index in [4.69, 9.17) is 4.74 Å². The van der Waals surface area contributed by atoms with Crippen LogP contribution in [-0.2, 0) is 0 Å². The fourth-order valence-corrected chi connectivity index (χ4v) is 3.28. The number of nitrogens with one attached hydrogen (secondary N) is 1. The first-order valence-corrected chi connectivity index (χ1v) is 8.68. The molecule has 3 rings (SSSR count). The SMILES string of the molecule is C#C.C/C=C\c1c(C)c(C)c2cccc3c2c1NC(C)(C)C(C)(C)O3. The summed E-state index contributed by atoms with van der Waals surface area (Å²) in [5, 5.41) is 6.26. The van der Waals surface area contributed by atoms with E-state index < -0.39 is 0 Å². The summed E-state index contributed by atoms with van der Waals surface area (Å²) in [4.78, 5) is 0. The zero-order chi connectivity index (χ0) is 19.0. The molecule has 0 spiro atoms. The predicted octanol–water partition coefficient (Wildman–Crippen LogP) is 6.10. The molecule has 2 heteroatoms. The molecule has 1 aliphatic rings. The molecule has 0 saturated carbocycles. The summed E-state index contributed by atoms with van der Waals surface area (Å²) in [5.74, 6) is 0.967. The Morgan fingerprint density at radius 3 is 2.28 bits per heavy atom. The fourth-order valence-electron chi connectivity index (χ4n) is 3.28. The summed E-state index contributed by atoms with van der Waals surface area (Å²) < 4.78 is 6.47. The third-order valence-electron chi connectivity index (χ3n) is 5.56. The molecule has 0 bridgehead atoms. The van der Waals surface area contributed by atoms with E-state index in [9.17, 15) is 0 Å². The van der Waals surface area contributed by atoms with Gasteiger partial charge in [0.05, 0.1) is 11.2 Å². The minimum atomic E-state index is -0.324. The molecule has 1 aliphatic heterocycles. The van der Waals surface area contributed by atoms with Gasteiger partial charge in [-0.2, -0.15) is 0 Å². The lowest BCUT2D eigenvalue weighted by Crippen LogP contribution is -2.54. The Balaban J connectivity index is 0.00000109. The molecule has 1 heterocycles. The molecule has 1 N–H and O–H groups in total. The molecule has 2 aromatic rings. The highest BCUT2D eigenvalue weighted by molar-refractivity contribution is 6.05. The first kappa shape index (κ1) is 18.9. The Bertz CT molecular complexity index is 854. The summed E-state index contributed by atoms with van der Waals surface area (Å²) in [6.45, 7) is 15.2. The number of rotatable bonds is 1. The smallest absolute Gasteiger partial charge is 0.130 e. The van der Waals surface area contributed by atoms with Crippen LogP contribution in [-0.4, -0.2) is 11.1 Å². The highest BCUT2D eigenvalue weighted by atomic mass is 16.5. The van der Waals surface area contributed by atoms with E-state index in [-0.39, 0.29) is 11.1 Å². The maximum Gasteiger partial charge on any atom is 0.130 e. The second-order valence-electron chi connectivity index (χ2n) is 7.58. The van der Waals surface area contributed by atoms with Crippen molar-refractivity contribution < 1.29 is 4.74 Å². The van der Waals surface area contributed by atoms with Crippen LogP contribution in [0.25, 0.3) is 16.8 Å².